The average Bonchev–Trinajstić information content (AvgIpc) is 2.74. The third kappa shape index (κ3) is 19.7. The lowest BCUT2D eigenvalue weighted by atomic mass is 10.2. The number of nitrogens with zero attached hydrogens (tertiary/aromatic N) is 3. The number of unbranched alkanes of at least 4 members (excludes halogenated alkanes) is 1. The molecule has 0 rings (SSSR count). The normalized spacial score (nSPS) is 11.8. The smallest absolute Gasteiger partial charge is 0.239 e. The van der Waals surface area contributed by atoms with Crippen LogP contribution in [0.1, 0.15) is 67.2 Å². The Labute approximate surface area is 183 Å². The van der Waals surface area contributed by atoms with Crippen molar-refractivity contribution in [2.24, 2.45) is 0 Å². The molecule has 4 nitrogen and oxygen atoms in total. The number of allylic oxidation sites excluding steroid dienone is 4. The molecule has 0 N–H and O–H groups in total. The topological polar surface area (TPSA) is 26.8 Å². The molecule has 0 aromatic rings. The molecule has 0 unspecified atom stereocenters. The molecule has 0 aliphatic rings. The first-order valence-corrected chi connectivity index (χ1v) is 11.5. The molecule has 1 amide bonds. The van der Waals surface area contributed by atoms with E-state index in [9.17, 15) is 4.79 Å². The zero-order chi connectivity index (χ0) is 23.1. The van der Waals surface area contributed by atoms with Crippen molar-refractivity contribution in [1.29, 1.82) is 0 Å². The quantitative estimate of drug-likeness (QED) is 0.369. The van der Waals surface area contributed by atoms with Gasteiger partial charge in [-0.05, 0) is 33.5 Å². The molecule has 0 heterocycles. The summed E-state index contributed by atoms with van der Waals surface area (Å²) >= 11 is 0. The van der Waals surface area contributed by atoms with E-state index < -0.39 is 0 Å². The van der Waals surface area contributed by atoms with E-state index in [1.165, 1.54) is 12.8 Å². The van der Waals surface area contributed by atoms with Crippen molar-refractivity contribution in [3.05, 3.63) is 37.0 Å². The summed E-state index contributed by atoms with van der Waals surface area (Å²) in [5.41, 5.74) is 0. The van der Waals surface area contributed by atoms with Crippen molar-refractivity contribution in [3.8, 4) is 0 Å². The van der Waals surface area contributed by atoms with Crippen LogP contribution in [0.5, 0.6) is 0 Å². The van der Waals surface area contributed by atoms with Crippen LogP contribution in [0, 0.1) is 0 Å². The van der Waals surface area contributed by atoms with Gasteiger partial charge in [0.25, 0.3) is 0 Å². The monoisotopic (exact) mass is 409 g/mol. The van der Waals surface area contributed by atoms with Crippen LogP contribution in [0.2, 0.25) is 0 Å². The fourth-order valence-corrected chi connectivity index (χ4v) is 2.42. The third-order valence-electron chi connectivity index (χ3n) is 4.48. The second-order valence-electron chi connectivity index (χ2n) is 6.92. The fraction of sp³-hybridized carbons (Fsp3) is 0.720. The molecule has 172 valence electrons. The average molecular weight is 410 g/mol. The molecule has 29 heavy (non-hydrogen) atoms. The third-order valence-corrected chi connectivity index (χ3v) is 4.48. The first-order valence-electron chi connectivity index (χ1n) is 11.5. The molecule has 0 spiro atoms. The molecule has 0 saturated heterocycles. The van der Waals surface area contributed by atoms with Crippen molar-refractivity contribution < 1.29 is 4.79 Å². The van der Waals surface area contributed by atoms with Crippen LogP contribution in [-0.4, -0.2) is 74.0 Å². The number of amides is 1. The number of carbonyl (C=O) groups excluding carboxylic acids is 1. The number of hydrogen-bond acceptors (Lipinski definition) is 3. The van der Waals surface area contributed by atoms with Crippen molar-refractivity contribution >= 4 is 5.91 Å². The molecule has 0 aromatic heterocycles. The van der Waals surface area contributed by atoms with E-state index in [-0.39, 0.29) is 11.9 Å². The van der Waals surface area contributed by atoms with E-state index in [4.69, 9.17) is 0 Å². The number of hydrogen-bond donors (Lipinski definition) is 0. The van der Waals surface area contributed by atoms with E-state index in [1.807, 2.05) is 63.0 Å². The molecule has 0 fully saturated rings. The van der Waals surface area contributed by atoms with Crippen molar-refractivity contribution in [1.82, 2.24) is 14.7 Å². The highest BCUT2D eigenvalue weighted by Crippen LogP contribution is 2.04. The molecule has 0 radical (unpaired) electrons. The van der Waals surface area contributed by atoms with Crippen LogP contribution in [0.3, 0.4) is 0 Å². The van der Waals surface area contributed by atoms with Gasteiger partial charge >= 0.3 is 0 Å². The maximum absolute atomic E-state index is 12.4. The van der Waals surface area contributed by atoms with Crippen molar-refractivity contribution in [2.45, 2.75) is 73.3 Å². The van der Waals surface area contributed by atoms with Crippen molar-refractivity contribution in [3.63, 3.8) is 0 Å². The molecule has 0 saturated carbocycles. The van der Waals surface area contributed by atoms with Crippen LogP contribution >= 0.6 is 0 Å². The molecular formula is C25H51N3O. The predicted molar refractivity (Wildman–Crippen MR) is 133 cm³/mol. The highest BCUT2D eigenvalue weighted by atomic mass is 16.2. The highest BCUT2D eigenvalue weighted by molar-refractivity contribution is 5.81. The number of carbonyl (C=O) groups is 1. The van der Waals surface area contributed by atoms with Gasteiger partial charge in [0.05, 0.1) is 6.04 Å². The Balaban J connectivity index is -0.000000994. The summed E-state index contributed by atoms with van der Waals surface area (Å²) in [5.74, 6) is 0.211. The van der Waals surface area contributed by atoms with Crippen LogP contribution in [0.15, 0.2) is 37.0 Å². The Morgan fingerprint density at radius 1 is 0.897 bits per heavy atom. The van der Waals surface area contributed by atoms with E-state index in [2.05, 4.69) is 45.2 Å². The molecule has 0 bridgehead atoms. The maximum Gasteiger partial charge on any atom is 0.239 e. The summed E-state index contributed by atoms with van der Waals surface area (Å²) in [6, 6.07) is -0.0188. The second-order valence-corrected chi connectivity index (χ2v) is 6.92. The standard InChI is InChI=1S/C19H35N3O.C4H10.C2H6/c1-7-10-11-12-13-14-15-22(9-3)17-16-21(6)19(23)18(8-2)20(4)5;1-3-4-2;1-2/h7,10-13,18H,1,8-9,14-17H2,2-6H3;3-4H2,1-2H3;1-2H3/b11-10-,13-12-;;/t18-;;/m1../s1. The predicted octanol–water partition coefficient (Wildman–Crippen LogP) is 5.63. The lowest BCUT2D eigenvalue weighted by Gasteiger charge is -2.29. The van der Waals surface area contributed by atoms with E-state index in [1.54, 1.807) is 6.08 Å². The summed E-state index contributed by atoms with van der Waals surface area (Å²) < 4.78 is 0. The zero-order valence-electron chi connectivity index (χ0n) is 21.1. The van der Waals surface area contributed by atoms with Gasteiger partial charge in [0.2, 0.25) is 5.91 Å². The zero-order valence-corrected chi connectivity index (χ0v) is 21.1. The maximum atomic E-state index is 12.4. The van der Waals surface area contributed by atoms with Crippen LogP contribution in [0.4, 0.5) is 0 Å². The minimum atomic E-state index is -0.0188. The van der Waals surface area contributed by atoms with Gasteiger partial charge in [-0.2, -0.15) is 0 Å². The minimum absolute atomic E-state index is 0.0188. The summed E-state index contributed by atoms with van der Waals surface area (Å²) in [6.07, 6.45) is 14.4. The van der Waals surface area contributed by atoms with Crippen LogP contribution in [0.25, 0.3) is 0 Å². The molecule has 0 aromatic carbocycles. The first-order chi connectivity index (χ1) is 13.9. The first kappa shape index (κ1) is 32.3. The Hall–Kier alpha value is -1.39. The summed E-state index contributed by atoms with van der Waals surface area (Å²) in [4.78, 5) is 18.7. The van der Waals surface area contributed by atoms with E-state index >= 15 is 0 Å². The Kier molecular flexibility index (Phi) is 27.4. The number of likely N-dealkylation sites (N-methyl/N-ethyl adjacent to an activating group) is 3. The lowest BCUT2D eigenvalue weighted by molar-refractivity contribution is -0.135. The van der Waals surface area contributed by atoms with Gasteiger partial charge in [-0.25, -0.2) is 0 Å². The van der Waals surface area contributed by atoms with Gasteiger partial charge in [0, 0.05) is 26.7 Å². The Bertz CT molecular complexity index is 414. The van der Waals surface area contributed by atoms with E-state index in [0.717, 1.165) is 39.0 Å². The van der Waals surface area contributed by atoms with Crippen LogP contribution in [-0.2, 0) is 4.79 Å². The molecule has 1 atom stereocenters. The molecule has 0 aliphatic heterocycles. The highest BCUT2D eigenvalue weighted by Gasteiger charge is 2.22. The number of rotatable bonds is 13. The Morgan fingerprint density at radius 3 is 1.90 bits per heavy atom. The van der Waals surface area contributed by atoms with Crippen molar-refractivity contribution in [2.75, 3.05) is 47.3 Å². The summed E-state index contributed by atoms with van der Waals surface area (Å²) in [7, 11) is 5.83. The van der Waals surface area contributed by atoms with Gasteiger partial charge in [-0.1, -0.05) is 91.3 Å². The van der Waals surface area contributed by atoms with Crippen LogP contribution < -0.4 is 0 Å². The van der Waals surface area contributed by atoms with Gasteiger partial charge in [-0.15, -0.1) is 0 Å². The SMILES string of the molecule is C=C/C=C\C=C/CCN(CC)CCN(C)C(=O)[C@@H](CC)N(C)C.CC.CCCC. The van der Waals surface area contributed by atoms with Gasteiger partial charge in [0.15, 0.2) is 0 Å². The minimum Gasteiger partial charge on any atom is -0.343 e. The lowest BCUT2D eigenvalue weighted by Crippen LogP contribution is -2.46. The molecule has 0 aliphatic carbocycles. The van der Waals surface area contributed by atoms with Gasteiger partial charge < -0.3 is 9.80 Å². The summed E-state index contributed by atoms with van der Waals surface area (Å²) in [5, 5.41) is 0. The van der Waals surface area contributed by atoms with Gasteiger partial charge in [-0.3, -0.25) is 9.69 Å². The largest absolute Gasteiger partial charge is 0.343 e. The molecule has 4 heteroatoms. The Morgan fingerprint density at radius 2 is 1.48 bits per heavy atom. The second kappa shape index (κ2) is 24.6. The fourth-order valence-electron chi connectivity index (χ4n) is 2.42. The van der Waals surface area contributed by atoms with E-state index in [0.29, 0.717) is 0 Å². The molecular weight excluding hydrogens is 358 g/mol. The van der Waals surface area contributed by atoms with Gasteiger partial charge in [0.1, 0.15) is 0 Å². The summed E-state index contributed by atoms with van der Waals surface area (Å²) in [6.45, 7) is 19.9.